The van der Waals surface area contributed by atoms with E-state index in [0.29, 0.717) is 18.9 Å². The van der Waals surface area contributed by atoms with Crippen molar-refractivity contribution in [2.45, 2.75) is 76.3 Å². The van der Waals surface area contributed by atoms with Crippen molar-refractivity contribution in [3.05, 3.63) is 12.7 Å². The van der Waals surface area contributed by atoms with Gasteiger partial charge in [-0.3, -0.25) is 9.59 Å². The molecule has 0 aromatic rings. The first kappa shape index (κ1) is 21.9. The number of likely N-dealkylation sites (tertiary alicyclic amines) is 1. The Balaban J connectivity index is 1.90. The maximum absolute atomic E-state index is 12.8. The number of carbonyl (C=O) groups excluding carboxylic acids is 2. The quantitative estimate of drug-likeness (QED) is 0.506. The van der Waals surface area contributed by atoms with E-state index < -0.39 is 5.92 Å². The lowest BCUT2D eigenvalue weighted by Gasteiger charge is -2.28. The van der Waals surface area contributed by atoms with Crippen LogP contribution in [0.5, 0.6) is 0 Å². The molecule has 1 saturated heterocycles. The lowest BCUT2D eigenvalue weighted by atomic mass is 9.85. The highest BCUT2D eigenvalue weighted by Crippen LogP contribution is 2.27. The number of nitrogens with zero attached hydrogens (tertiary/aromatic N) is 1. The van der Waals surface area contributed by atoms with Crippen LogP contribution in [0.15, 0.2) is 12.7 Å². The van der Waals surface area contributed by atoms with E-state index in [4.69, 9.17) is 0 Å². The third kappa shape index (κ3) is 6.61. The molecule has 0 radical (unpaired) electrons. The average Bonchev–Trinajstić information content (AvgIpc) is 3.16. The molecule has 6 heteroatoms. The molecule has 1 aliphatic heterocycles. The number of hydrogen-bond donors (Lipinski definition) is 3. The number of allylic oxidation sites excluding steroid dienone is 1. The third-order valence-corrected chi connectivity index (χ3v) is 6.06. The molecule has 1 heterocycles. The number of aliphatic hydroxyl groups is 2. The molecule has 0 aromatic heterocycles. The summed E-state index contributed by atoms with van der Waals surface area (Å²) in [6.07, 6.45) is 10.8. The van der Waals surface area contributed by atoms with E-state index in [2.05, 4.69) is 11.9 Å². The minimum Gasteiger partial charge on any atom is -0.394 e. The Morgan fingerprint density at radius 1 is 1.15 bits per heavy atom. The fraction of sp³-hybridized carbons (Fsp3) is 0.810. The van der Waals surface area contributed by atoms with Crippen LogP contribution in [0.1, 0.15) is 64.2 Å². The average molecular weight is 381 g/mol. The first-order valence-electron chi connectivity index (χ1n) is 10.5. The SMILES string of the molecule is C=CCC(CC(=O)N1CCCC1CO)C(=O)NC(CO)CC1CCCCC1. The van der Waals surface area contributed by atoms with E-state index in [9.17, 15) is 19.8 Å². The maximum Gasteiger partial charge on any atom is 0.224 e. The highest BCUT2D eigenvalue weighted by Gasteiger charge is 2.31. The lowest BCUT2D eigenvalue weighted by molar-refractivity contribution is -0.137. The molecule has 27 heavy (non-hydrogen) atoms. The normalized spacial score (nSPS) is 23.0. The highest BCUT2D eigenvalue weighted by atomic mass is 16.3. The Morgan fingerprint density at radius 3 is 2.52 bits per heavy atom. The standard InChI is InChI=1S/C21H36N2O4/c1-2-7-17(13-20(26)23-11-6-10-19(23)15-25)21(27)22-18(14-24)12-16-8-4-3-5-9-16/h2,16-19,24-25H,1,3-15H2,(H,22,27). The summed E-state index contributed by atoms with van der Waals surface area (Å²) in [5.41, 5.74) is 0. The van der Waals surface area contributed by atoms with Gasteiger partial charge < -0.3 is 20.4 Å². The van der Waals surface area contributed by atoms with E-state index >= 15 is 0 Å². The van der Waals surface area contributed by atoms with Crippen molar-refractivity contribution in [2.24, 2.45) is 11.8 Å². The fourth-order valence-electron chi connectivity index (χ4n) is 4.49. The minimum absolute atomic E-state index is 0.0297. The number of carbonyl (C=O) groups is 2. The molecule has 1 aliphatic carbocycles. The van der Waals surface area contributed by atoms with Gasteiger partial charge in [-0.15, -0.1) is 6.58 Å². The number of amides is 2. The molecule has 2 amide bonds. The van der Waals surface area contributed by atoms with Crippen molar-refractivity contribution in [1.82, 2.24) is 10.2 Å². The van der Waals surface area contributed by atoms with Gasteiger partial charge in [0.15, 0.2) is 0 Å². The van der Waals surface area contributed by atoms with E-state index in [1.807, 2.05) is 0 Å². The van der Waals surface area contributed by atoms with Crippen molar-refractivity contribution in [3.8, 4) is 0 Å². The van der Waals surface area contributed by atoms with Gasteiger partial charge in [0.05, 0.1) is 31.2 Å². The second-order valence-corrected chi connectivity index (χ2v) is 8.12. The number of rotatable bonds is 10. The molecule has 3 atom stereocenters. The van der Waals surface area contributed by atoms with Crippen molar-refractivity contribution in [3.63, 3.8) is 0 Å². The monoisotopic (exact) mass is 380 g/mol. The van der Waals surface area contributed by atoms with Crippen molar-refractivity contribution in [2.75, 3.05) is 19.8 Å². The van der Waals surface area contributed by atoms with Crippen LogP contribution in [0.2, 0.25) is 0 Å². The van der Waals surface area contributed by atoms with Crippen LogP contribution >= 0.6 is 0 Å². The van der Waals surface area contributed by atoms with Crippen LogP contribution in [-0.4, -0.2) is 58.8 Å². The van der Waals surface area contributed by atoms with Gasteiger partial charge in [0.1, 0.15) is 0 Å². The van der Waals surface area contributed by atoms with E-state index in [1.54, 1.807) is 11.0 Å². The number of nitrogens with one attached hydrogen (secondary N) is 1. The summed E-state index contributed by atoms with van der Waals surface area (Å²) in [6.45, 7) is 4.26. The fourth-order valence-corrected chi connectivity index (χ4v) is 4.49. The molecule has 3 unspecified atom stereocenters. The molecule has 0 aromatic carbocycles. The van der Waals surface area contributed by atoms with Crippen molar-refractivity contribution in [1.29, 1.82) is 0 Å². The predicted octanol–water partition coefficient (Wildman–Crippen LogP) is 2.00. The zero-order chi connectivity index (χ0) is 19.6. The predicted molar refractivity (Wildman–Crippen MR) is 105 cm³/mol. The Labute approximate surface area is 163 Å². The van der Waals surface area contributed by atoms with Gasteiger partial charge in [0, 0.05) is 13.0 Å². The molecule has 2 rings (SSSR count). The summed E-state index contributed by atoms with van der Waals surface area (Å²) in [6, 6.07) is -0.374. The molecular weight excluding hydrogens is 344 g/mol. The Bertz CT molecular complexity index is 491. The van der Waals surface area contributed by atoms with Gasteiger partial charge in [0.2, 0.25) is 11.8 Å². The summed E-state index contributed by atoms with van der Waals surface area (Å²) < 4.78 is 0. The molecule has 2 aliphatic rings. The van der Waals surface area contributed by atoms with Crippen molar-refractivity contribution < 1.29 is 19.8 Å². The molecule has 154 valence electrons. The Morgan fingerprint density at radius 2 is 1.89 bits per heavy atom. The third-order valence-electron chi connectivity index (χ3n) is 6.06. The van der Waals surface area contributed by atoms with Crippen LogP contribution in [-0.2, 0) is 9.59 Å². The van der Waals surface area contributed by atoms with Gasteiger partial charge in [-0.2, -0.15) is 0 Å². The first-order valence-corrected chi connectivity index (χ1v) is 10.5. The molecule has 2 fully saturated rings. The van der Waals surface area contributed by atoms with E-state index in [-0.39, 0.29) is 43.5 Å². The lowest BCUT2D eigenvalue weighted by Crippen LogP contribution is -2.44. The molecule has 3 N–H and O–H groups in total. The number of aliphatic hydroxyl groups excluding tert-OH is 2. The zero-order valence-corrected chi connectivity index (χ0v) is 16.4. The summed E-state index contributed by atoms with van der Waals surface area (Å²) in [4.78, 5) is 27.1. The van der Waals surface area contributed by atoms with Crippen LogP contribution in [0.25, 0.3) is 0 Å². The van der Waals surface area contributed by atoms with Crippen LogP contribution in [0.4, 0.5) is 0 Å². The highest BCUT2D eigenvalue weighted by molar-refractivity contribution is 5.86. The second kappa shape index (κ2) is 11.4. The van der Waals surface area contributed by atoms with Gasteiger partial charge >= 0.3 is 0 Å². The van der Waals surface area contributed by atoms with Gasteiger partial charge in [0.25, 0.3) is 0 Å². The minimum atomic E-state index is -0.477. The number of hydrogen-bond acceptors (Lipinski definition) is 4. The zero-order valence-electron chi connectivity index (χ0n) is 16.4. The first-order chi connectivity index (χ1) is 13.1. The summed E-state index contributed by atoms with van der Waals surface area (Å²) in [5.74, 6) is -0.180. The van der Waals surface area contributed by atoms with Crippen LogP contribution < -0.4 is 5.32 Å². The smallest absolute Gasteiger partial charge is 0.224 e. The maximum atomic E-state index is 12.8. The van der Waals surface area contributed by atoms with Crippen LogP contribution in [0, 0.1) is 11.8 Å². The Kier molecular flexibility index (Phi) is 9.28. The molecule has 6 nitrogen and oxygen atoms in total. The Hall–Kier alpha value is -1.40. The van der Waals surface area contributed by atoms with Gasteiger partial charge in [-0.05, 0) is 31.6 Å². The van der Waals surface area contributed by atoms with Gasteiger partial charge in [-0.1, -0.05) is 38.2 Å². The molecular formula is C21H36N2O4. The summed E-state index contributed by atoms with van der Waals surface area (Å²) in [7, 11) is 0. The van der Waals surface area contributed by atoms with E-state index in [1.165, 1.54) is 32.1 Å². The molecule has 0 spiro atoms. The topological polar surface area (TPSA) is 89.9 Å². The molecule has 0 bridgehead atoms. The second-order valence-electron chi connectivity index (χ2n) is 8.12. The van der Waals surface area contributed by atoms with Crippen LogP contribution in [0.3, 0.4) is 0 Å². The van der Waals surface area contributed by atoms with Crippen molar-refractivity contribution >= 4 is 11.8 Å². The summed E-state index contributed by atoms with van der Waals surface area (Å²) >= 11 is 0. The van der Waals surface area contributed by atoms with Gasteiger partial charge in [-0.25, -0.2) is 0 Å². The molecule has 1 saturated carbocycles. The van der Waals surface area contributed by atoms with E-state index in [0.717, 1.165) is 19.3 Å². The summed E-state index contributed by atoms with van der Waals surface area (Å²) in [5, 5.41) is 22.1. The largest absolute Gasteiger partial charge is 0.394 e.